The summed E-state index contributed by atoms with van der Waals surface area (Å²) in [5.41, 5.74) is 14.8. The summed E-state index contributed by atoms with van der Waals surface area (Å²) in [4.78, 5) is 10.1. The van der Waals surface area contributed by atoms with E-state index in [9.17, 15) is 0 Å². The van der Waals surface area contributed by atoms with E-state index in [1.54, 1.807) is 0 Å². The summed E-state index contributed by atoms with van der Waals surface area (Å²) in [6, 6.07) is 67.2. The molecule has 3 aromatic heterocycles. The Bertz CT molecular complexity index is 3220. The molecular formula is C52H32N2O2. The Morgan fingerprint density at radius 1 is 0.286 bits per heavy atom. The monoisotopic (exact) mass is 716 g/mol. The van der Waals surface area contributed by atoms with Crippen molar-refractivity contribution >= 4 is 43.9 Å². The number of rotatable bonds is 6. The van der Waals surface area contributed by atoms with Crippen LogP contribution in [0, 0.1) is 0 Å². The number of furan rings is 2. The molecule has 11 aromatic rings. The van der Waals surface area contributed by atoms with E-state index >= 15 is 0 Å². The van der Waals surface area contributed by atoms with Gasteiger partial charge in [0.1, 0.15) is 22.3 Å². The van der Waals surface area contributed by atoms with Gasteiger partial charge in [-0.05, 0) is 46.5 Å². The molecule has 0 aliphatic carbocycles. The minimum atomic E-state index is 0.691. The van der Waals surface area contributed by atoms with Gasteiger partial charge in [-0.25, -0.2) is 9.97 Å². The van der Waals surface area contributed by atoms with Crippen molar-refractivity contribution in [2.75, 3.05) is 0 Å². The van der Waals surface area contributed by atoms with Crippen molar-refractivity contribution in [1.29, 1.82) is 0 Å². The van der Waals surface area contributed by atoms with Crippen LogP contribution >= 0.6 is 0 Å². The third kappa shape index (κ3) is 5.47. The minimum absolute atomic E-state index is 0.691. The maximum Gasteiger partial charge on any atom is 0.160 e. The van der Waals surface area contributed by atoms with Crippen LogP contribution in [-0.4, -0.2) is 9.97 Å². The number of hydrogen-bond acceptors (Lipinski definition) is 4. The van der Waals surface area contributed by atoms with Crippen molar-refractivity contribution in [3.8, 4) is 67.3 Å². The third-order valence-corrected chi connectivity index (χ3v) is 10.8. The van der Waals surface area contributed by atoms with Gasteiger partial charge < -0.3 is 8.83 Å². The third-order valence-electron chi connectivity index (χ3n) is 10.8. The molecule has 0 unspecified atom stereocenters. The maximum atomic E-state index is 6.70. The molecule has 4 nitrogen and oxygen atoms in total. The van der Waals surface area contributed by atoms with E-state index in [-0.39, 0.29) is 0 Å². The Labute approximate surface area is 323 Å². The lowest BCUT2D eigenvalue weighted by Gasteiger charge is -2.11. The van der Waals surface area contributed by atoms with E-state index in [0.29, 0.717) is 5.82 Å². The lowest BCUT2D eigenvalue weighted by Crippen LogP contribution is -1.96. The van der Waals surface area contributed by atoms with Crippen LogP contribution in [0.15, 0.2) is 203 Å². The van der Waals surface area contributed by atoms with Gasteiger partial charge in [-0.3, -0.25) is 0 Å². The first-order valence-electron chi connectivity index (χ1n) is 18.8. The number of aromatic nitrogens is 2. The van der Waals surface area contributed by atoms with Gasteiger partial charge in [0.25, 0.3) is 0 Å². The molecule has 0 spiro atoms. The van der Waals surface area contributed by atoms with Crippen molar-refractivity contribution in [2.24, 2.45) is 0 Å². The van der Waals surface area contributed by atoms with Gasteiger partial charge in [-0.15, -0.1) is 0 Å². The summed E-state index contributed by atoms with van der Waals surface area (Å²) in [6.45, 7) is 0. The summed E-state index contributed by atoms with van der Waals surface area (Å²) in [5, 5.41) is 4.38. The predicted octanol–water partition coefficient (Wildman–Crippen LogP) is 14.3. The molecular weight excluding hydrogens is 685 g/mol. The Morgan fingerprint density at radius 2 is 0.732 bits per heavy atom. The molecule has 0 saturated heterocycles. The topological polar surface area (TPSA) is 52.1 Å². The summed E-state index contributed by atoms with van der Waals surface area (Å²) in [6.07, 6.45) is 0. The van der Waals surface area contributed by atoms with Crippen LogP contribution in [0.25, 0.3) is 111 Å². The van der Waals surface area contributed by atoms with E-state index in [4.69, 9.17) is 18.8 Å². The summed E-state index contributed by atoms with van der Waals surface area (Å²) >= 11 is 0. The van der Waals surface area contributed by atoms with Crippen molar-refractivity contribution in [3.63, 3.8) is 0 Å². The molecule has 4 heteroatoms. The molecule has 0 aliphatic heterocycles. The van der Waals surface area contributed by atoms with E-state index in [1.165, 1.54) is 5.56 Å². The maximum absolute atomic E-state index is 6.70. The molecule has 0 N–H and O–H groups in total. The van der Waals surface area contributed by atoms with Crippen LogP contribution in [0.4, 0.5) is 0 Å². The molecule has 0 radical (unpaired) electrons. The second-order valence-electron chi connectivity index (χ2n) is 14.1. The SMILES string of the molecule is c1ccc(-c2ccc(-c3nc(-c4ccccc4)cc(-c4ccc(-c5ccc6c(c5)oc5c(-c7cccc8c7oc7ccccc78)cccc56)cc4)n3)cc2)cc1. The summed E-state index contributed by atoms with van der Waals surface area (Å²) < 4.78 is 13.1. The lowest BCUT2D eigenvalue weighted by molar-refractivity contribution is 0.665. The molecule has 56 heavy (non-hydrogen) atoms. The second kappa shape index (κ2) is 13.1. The van der Waals surface area contributed by atoms with Gasteiger partial charge in [-0.1, -0.05) is 170 Å². The molecule has 0 aliphatic rings. The quantitative estimate of drug-likeness (QED) is 0.172. The highest BCUT2D eigenvalue weighted by molar-refractivity contribution is 6.15. The first-order chi connectivity index (χ1) is 27.7. The van der Waals surface area contributed by atoms with Crippen molar-refractivity contribution in [1.82, 2.24) is 9.97 Å². The molecule has 262 valence electrons. The first kappa shape index (κ1) is 31.9. The molecule has 8 aromatic carbocycles. The Kier molecular flexibility index (Phi) is 7.46. The second-order valence-corrected chi connectivity index (χ2v) is 14.1. The number of hydrogen-bond donors (Lipinski definition) is 0. The van der Waals surface area contributed by atoms with Gasteiger partial charge in [0.15, 0.2) is 5.82 Å². The van der Waals surface area contributed by atoms with Gasteiger partial charge in [-0.2, -0.15) is 0 Å². The number of benzene rings is 8. The van der Waals surface area contributed by atoms with Crippen molar-refractivity contribution < 1.29 is 8.83 Å². The number of nitrogens with zero attached hydrogens (tertiary/aromatic N) is 2. The van der Waals surface area contributed by atoms with E-state index in [1.807, 2.05) is 36.4 Å². The van der Waals surface area contributed by atoms with Gasteiger partial charge in [0.2, 0.25) is 0 Å². The fourth-order valence-corrected chi connectivity index (χ4v) is 7.91. The van der Waals surface area contributed by atoms with Crippen LogP contribution in [0.5, 0.6) is 0 Å². The zero-order valence-electron chi connectivity index (χ0n) is 30.2. The highest BCUT2D eigenvalue weighted by Crippen LogP contribution is 2.42. The van der Waals surface area contributed by atoms with E-state index in [0.717, 1.165) is 99.8 Å². The number of fused-ring (bicyclic) bond motifs is 6. The summed E-state index contributed by atoms with van der Waals surface area (Å²) in [5.74, 6) is 0.691. The van der Waals surface area contributed by atoms with Crippen LogP contribution in [0.1, 0.15) is 0 Å². The van der Waals surface area contributed by atoms with Crippen LogP contribution in [0.2, 0.25) is 0 Å². The largest absolute Gasteiger partial charge is 0.455 e. The molecule has 11 rings (SSSR count). The zero-order chi connectivity index (χ0) is 37.0. The fraction of sp³-hybridized carbons (Fsp3) is 0. The normalized spacial score (nSPS) is 11.6. The minimum Gasteiger partial charge on any atom is -0.455 e. The molecule has 0 atom stereocenters. The van der Waals surface area contributed by atoms with Crippen LogP contribution in [-0.2, 0) is 0 Å². The molecule has 0 bridgehead atoms. The van der Waals surface area contributed by atoms with E-state index < -0.39 is 0 Å². The number of para-hydroxylation sites is 3. The summed E-state index contributed by atoms with van der Waals surface area (Å²) in [7, 11) is 0. The Balaban J connectivity index is 0.952. The lowest BCUT2D eigenvalue weighted by atomic mass is 9.99. The van der Waals surface area contributed by atoms with Crippen molar-refractivity contribution in [2.45, 2.75) is 0 Å². The molecule has 3 heterocycles. The standard InChI is InChI=1S/C52H32N2O2/c1-3-11-33(12-4-1)34-23-27-38(28-24-34)52-53-46(36-13-5-2-6-14-36)32-47(54-52)37-25-21-35(22-26-37)39-29-30-41-43-17-10-19-45(51(43)56-49(41)31-39)44-18-9-16-42-40-15-7-8-20-48(40)55-50(42)44/h1-32H. The van der Waals surface area contributed by atoms with Crippen LogP contribution in [0.3, 0.4) is 0 Å². The smallest absolute Gasteiger partial charge is 0.160 e. The highest BCUT2D eigenvalue weighted by Gasteiger charge is 2.18. The zero-order valence-corrected chi connectivity index (χ0v) is 30.2. The molecule has 0 fully saturated rings. The first-order valence-corrected chi connectivity index (χ1v) is 18.8. The Hall–Kier alpha value is -7.56. The van der Waals surface area contributed by atoms with Gasteiger partial charge in [0, 0.05) is 49.4 Å². The average Bonchev–Trinajstić information content (AvgIpc) is 3.85. The van der Waals surface area contributed by atoms with Crippen molar-refractivity contribution in [3.05, 3.63) is 194 Å². The predicted molar refractivity (Wildman–Crippen MR) is 229 cm³/mol. The molecule has 0 amide bonds. The van der Waals surface area contributed by atoms with Crippen LogP contribution < -0.4 is 0 Å². The molecule has 0 saturated carbocycles. The van der Waals surface area contributed by atoms with Gasteiger partial charge in [0.05, 0.1) is 11.4 Å². The van der Waals surface area contributed by atoms with Gasteiger partial charge >= 0.3 is 0 Å². The fourth-order valence-electron chi connectivity index (χ4n) is 7.91. The highest BCUT2D eigenvalue weighted by atomic mass is 16.3. The Morgan fingerprint density at radius 3 is 1.39 bits per heavy atom. The average molecular weight is 717 g/mol. The van der Waals surface area contributed by atoms with E-state index in [2.05, 4.69) is 158 Å².